The van der Waals surface area contributed by atoms with Crippen LogP contribution in [-0.4, -0.2) is 99.1 Å². The van der Waals surface area contributed by atoms with Crippen LogP contribution >= 0.6 is 0 Å². The number of aromatic nitrogens is 2. The summed E-state index contributed by atoms with van der Waals surface area (Å²) in [5.41, 5.74) is 0. The zero-order valence-corrected chi connectivity index (χ0v) is 17.8. The lowest BCUT2D eigenvalue weighted by molar-refractivity contribution is -0.193. The predicted molar refractivity (Wildman–Crippen MR) is 103 cm³/mol. The van der Waals surface area contributed by atoms with Crippen molar-refractivity contribution in [1.82, 2.24) is 19.8 Å². The number of halogens is 6. The number of hydrogen-bond acceptors (Lipinski definition) is 7. The van der Waals surface area contributed by atoms with E-state index in [1.165, 1.54) is 39.0 Å². The first-order valence-electron chi connectivity index (χ1n) is 10.2. The maximum Gasteiger partial charge on any atom is 0.490 e. The molecule has 2 aliphatic heterocycles. The van der Waals surface area contributed by atoms with Gasteiger partial charge in [0.1, 0.15) is 12.4 Å². The van der Waals surface area contributed by atoms with E-state index >= 15 is 0 Å². The lowest BCUT2D eigenvalue weighted by Gasteiger charge is -2.37. The first-order valence-corrected chi connectivity index (χ1v) is 10.2. The van der Waals surface area contributed by atoms with Gasteiger partial charge < -0.3 is 19.8 Å². The standard InChI is InChI=1S/C15H22N4O.2C2HF3O2/c1-2-12(1)8-18-3-4-19-10-14(5-13(19)9-18)20-15-6-16-11-17-7-15;2*3-2(4,5)1(6)7/h6-7,11-14H,1-5,8-10H2;2*(H,6,7). The highest BCUT2D eigenvalue weighted by molar-refractivity contribution is 5.73. The van der Waals surface area contributed by atoms with Gasteiger partial charge in [0.05, 0.1) is 12.4 Å². The van der Waals surface area contributed by atoms with Gasteiger partial charge in [0.2, 0.25) is 0 Å². The molecule has 0 spiro atoms. The molecule has 1 saturated carbocycles. The largest absolute Gasteiger partial charge is 0.490 e. The van der Waals surface area contributed by atoms with Gasteiger partial charge in [-0.25, -0.2) is 19.6 Å². The molecule has 1 aromatic rings. The summed E-state index contributed by atoms with van der Waals surface area (Å²) in [6.07, 6.45) is -0.786. The average Bonchev–Trinajstić information content (AvgIpc) is 3.45. The molecule has 2 atom stereocenters. The molecule has 0 bridgehead atoms. The number of ether oxygens (including phenoxy) is 1. The Kier molecular flexibility index (Phi) is 9.44. The van der Waals surface area contributed by atoms with E-state index in [0.29, 0.717) is 12.1 Å². The molecule has 3 heterocycles. The number of rotatable bonds is 4. The summed E-state index contributed by atoms with van der Waals surface area (Å²) in [6.45, 7) is 6.03. The van der Waals surface area contributed by atoms with E-state index in [9.17, 15) is 26.3 Å². The molecule has 34 heavy (non-hydrogen) atoms. The normalized spacial score (nSPS) is 23.0. The summed E-state index contributed by atoms with van der Waals surface area (Å²) in [6, 6.07) is 0.678. The molecule has 15 heteroatoms. The highest BCUT2D eigenvalue weighted by Crippen LogP contribution is 2.32. The minimum atomic E-state index is -5.08. The summed E-state index contributed by atoms with van der Waals surface area (Å²) < 4.78 is 69.5. The molecule has 2 unspecified atom stereocenters. The zero-order chi connectivity index (χ0) is 25.5. The molecule has 1 aromatic heterocycles. The number of carboxylic acids is 2. The van der Waals surface area contributed by atoms with E-state index in [-0.39, 0.29) is 0 Å². The van der Waals surface area contributed by atoms with Crippen LogP contribution in [0, 0.1) is 5.92 Å². The van der Waals surface area contributed by atoms with Crippen molar-refractivity contribution in [3.63, 3.8) is 0 Å². The molecule has 1 aliphatic carbocycles. The molecule has 0 aromatic carbocycles. The number of aliphatic carboxylic acids is 2. The van der Waals surface area contributed by atoms with Crippen molar-refractivity contribution in [1.29, 1.82) is 0 Å². The number of piperazine rings is 1. The van der Waals surface area contributed by atoms with Crippen LogP contribution in [0.15, 0.2) is 18.7 Å². The smallest absolute Gasteiger partial charge is 0.486 e. The van der Waals surface area contributed by atoms with Gasteiger partial charge in [-0.2, -0.15) is 26.3 Å². The van der Waals surface area contributed by atoms with Gasteiger partial charge in [-0.05, 0) is 18.8 Å². The topological polar surface area (TPSA) is 116 Å². The maximum absolute atomic E-state index is 10.6. The highest BCUT2D eigenvalue weighted by atomic mass is 19.4. The number of carboxylic acid groups (broad SMARTS) is 2. The van der Waals surface area contributed by atoms with Crippen molar-refractivity contribution in [2.45, 2.75) is 43.8 Å². The van der Waals surface area contributed by atoms with Gasteiger partial charge in [-0.15, -0.1) is 0 Å². The number of hydrogen-bond donors (Lipinski definition) is 2. The van der Waals surface area contributed by atoms with Crippen LogP contribution in [0.3, 0.4) is 0 Å². The molecule has 2 saturated heterocycles. The molecule has 4 rings (SSSR count). The predicted octanol–water partition coefficient (Wildman–Crippen LogP) is 2.29. The number of alkyl halides is 6. The van der Waals surface area contributed by atoms with Crippen molar-refractivity contribution >= 4 is 11.9 Å². The fraction of sp³-hybridized carbons (Fsp3) is 0.684. The van der Waals surface area contributed by atoms with Crippen molar-refractivity contribution in [3.05, 3.63) is 18.7 Å². The summed E-state index contributed by atoms with van der Waals surface area (Å²) in [7, 11) is 0. The van der Waals surface area contributed by atoms with Crippen LogP contribution in [0.2, 0.25) is 0 Å². The second-order valence-corrected chi connectivity index (χ2v) is 8.01. The van der Waals surface area contributed by atoms with Gasteiger partial charge in [0.15, 0.2) is 5.75 Å². The highest BCUT2D eigenvalue weighted by Gasteiger charge is 2.39. The third-order valence-electron chi connectivity index (χ3n) is 5.20. The van der Waals surface area contributed by atoms with Crippen molar-refractivity contribution in [2.75, 3.05) is 32.7 Å². The van der Waals surface area contributed by atoms with Crippen LogP contribution in [0.1, 0.15) is 19.3 Å². The summed E-state index contributed by atoms with van der Waals surface area (Å²) in [5, 5.41) is 14.2. The van der Waals surface area contributed by atoms with Crippen LogP contribution < -0.4 is 4.74 Å². The van der Waals surface area contributed by atoms with Crippen molar-refractivity contribution in [3.8, 4) is 5.75 Å². The summed E-state index contributed by atoms with van der Waals surface area (Å²) in [4.78, 5) is 31.1. The molecule has 3 aliphatic rings. The second kappa shape index (κ2) is 11.6. The van der Waals surface area contributed by atoms with E-state index in [0.717, 1.165) is 24.6 Å². The van der Waals surface area contributed by atoms with Crippen molar-refractivity contribution < 1.29 is 50.9 Å². The molecule has 9 nitrogen and oxygen atoms in total. The van der Waals surface area contributed by atoms with E-state index in [2.05, 4.69) is 19.8 Å². The Balaban J connectivity index is 0.000000244. The fourth-order valence-electron chi connectivity index (χ4n) is 3.52. The Morgan fingerprint density at radius 3 is 1.97 bits per heavy atom. The molecular weight excluding hydrogens is 478 g/mol. The second-order valence-electron chi connectivity index (χ2n) is 8.01. The first-order chi connectivity index (χ1) is 15.8. The Hall–Kier alpha value is -2.68. The van der Waals surface area contributed by atoms with Gasteiger partial charge in [0, 0.05) is 45.2 Å². The molecular formula is C19H24F6N4O5. The number of fused-ring (bicyclic) bond motifs is 1. The van der Waals surface area contributed by atoms with Gasteiger partial charge in [-0.3, -0.25) is 4.90 Å². The van der Waals surface area contributed by atoms with E-state index in [1.807, 2.05) is 0 Å². The van der Waals surface area contributed by atoms with Gasteiger partial charge >= 0.3 is 24.3 Å². The number of nitrogens with zero attached hydrogens (tertiary/aromatic N) is 4. The monoisotopic (exact) mass is 502 g/mol. The van der Waals surface area contributed by atoms with E-state index in [1.54, 1.807) is 18.7 Å². The molecule has 0 radical (unpaired) electrons. The van der Waals surface area contributed by atoms with Gasteiger partial charge in [0.25, 0.3) is 0 Å². The van der Waals surface area contributed by atoms with E-state index in [4.69, 9.17) is 24.5 Å². The van der Waals surface area contributed by atoms with Crippen LogP contribution in [0.5, 0.6) is 5.75 Å². The molecule has 2 N–H and O–H groups in total. The summed E-state index contributed by atoms with van der Waals surface area (Å²) in [5.74, 6) is -3.72. The maximum atomic E-state index is 10.6. The third kappa shape index (κ3) is 9.67. The quantitative estimate of drug-likeness (QED) is 0.599. The zero-order valence-electron chi connectivity index (χ0n) is 17.8. The van der Waals surface area contributed by atoms with Crippen LogP contribution in [0.4, 0.5) is 26.3 Å². The molecule has 0 amide bonds. The Morgan fingerprint density at radius 1 is 0.971 bits per heavy atom. The minimum absolute atomic E-state index is 0.298. The van der Waals surface area contributed by atoms with E-state index < -0.39 is 24.3 Å². The fourth-order valence-corrected chi connectivity index (χ4v) is 3.52. The number of carbonyl (C=O) groups is 2. The Bertz CT molecular complexity index is 783. The van der Waals surface area contributed by atoms with Crippen molar-refractivity contribution in [2.24, 2.45) is 5.92 Å². The lowest BCUT2D eigenvalue weighted by atomic mass is 10.1. The minimum Gasteiger partial charge on any atom is -0.486 e. The van der Waals surface area contributed by atoms with Gasteiger partial charge in [-0.1, -0.05) is 0 Å². The molecule has 3 fully saturated rings. The Morgan fingerprint density at radius 2 is 1.50 bits per heavy atom. The van der Waals surface area contributed by atoms with Crippen LogP contribution in [0.25, 0.3) is 0 Å². The Labute approximate surface area is 190 Å². The molecule has 192 valence electrons. The third-order valence-corrected chi connectivity index (χ3v) is 5.20. The first kappa shape index (κ1) is 27.6. The SMILES string of the molecule is O=C(O)C(F)(F)F.O=C(O)C(F)(F)F.c1ncc(OC2CC3CN(CC4CC4)CCN3C2)cn1. The van der Waals surface area contributed by atoms with Crippen LogP contribution in [-0.2, 0) is 9.59 Å². The summed E-state index contributed by atoms with van der Waals surface area (Å²) >= 11 is 0. The lowest BCUT2D eigenvalue weighted by Crippen LogP contribution is -2.50. The average molecular weight is 502 g/mol.